The summed E-state index contributed by atoms with van der Waals surface area (Å²) in [5, 5.41) is 18.3. The highest BCUT2D eigenvalue weighted by atomic mass is 19.1. The number of methoxy groups -OCH3 is 1. The summed E-state index contributed by atoms with van der Waals surface area (Å²) in [6, 6.07) is 5.12. The maximum Gasteiger partial charge on any atom is 0.169 e. The van der Waals surface area contributed by atoms with Gasteiger partial charge in [-0.05, 0) is 12.5 Å². The van der Waals surface area contributed by atoms with E-state index < -0.39 is 5.60 Å². The molecule has 0 saturated carbocycles. The second-order valence-electron chi connectivity index (χ2n) is 5.72. The fourth-order valence-electron chi connectivity index (χ4n) is 2.90. The fraction of sp³-hybridized carbons (Fsp3) is 0.467. The number of aliphatic hydroxyl groups is 1. The predicted molar refractivity (Wildman–Crippen MR) is 77.8 cm³/mol. The highest BCUT2D eigenvalue weighted by molar-refractivity contribution is 5.31. The molecule has 1 N–H and O–H groups in total. The smallest absolute Gasteiger partial charge is 0.169 e. The molecule has 1 aliphatic heterocycles. The Hall–Kier alpha value is -1.99. The Bertz CT molecular complexity index is 634. The minimum atomic E-state index is -0.858. The summed E-state index contributed by atoms with van der Waals surface area (Å²) in [7, 11) is 1.45. The molecule has 118 valence electrons. The molecule has 1 aromatic heterocycles. The Morgan fingerprint density at radius 3 is 3.05 bits per heavy atom. The Morgan fingerprint density at radius 2 is 2.32 bits per heavy atom. The summed E-state index contributed by atoms with van der Waals surface area (Å²) in [4.78, 5) is 2.04. The van der Waals surface area contributed by atoms with Crippen LogP contribution in [-0.4, -0.2) is 50.8 Å². The molecular weight excluding hydrogens is 287 g/mol. The van der Waals surface area contributed by atoms with E-state index in [0.717, 1.165) is 0 Å². The van der Waals surface area contributed by atoms with Crippen LogP contribution in [0.2, 0.25) is 0 Å². The Morgan fingerprint density at radius 1 is 1.45 bits per heavy atom. The second-order valence-corrected chi connectivity index (χ2v) is 5.72. The van der Waals surface area contributed by atoms with Crippen molar-refractivity contribution in [2.45, 2.75) is 25.1 Å². The molecule has 3 rings (SSSR count). The summed E-state index contributed by atoms with van der Waals surface area (Å²) in [6.07, 6.45) is 3.93. The monoisotopic (exact) mass is 306 g/mol. The molecule has 2 aromatic rings. The first-order valence-electron chi connectivity index (χ1n) is 7.20. The van der Waals surface area contributed by atoms with E-state index in [1.165, 1.54) is 7.11 Å². The SMILES string of the molecule is COc1cccc(CN2CCC(O)(Cn3ccnn3)C2)c1F. The van der Waals surface area contributed by atoms with Crippen LogP contribution in [0.3, 0.4) is 0 Å². The minimum absolute atomic E-state index is 0.245. The molecule has 0 aliphatic carbocycles. The number of rotatable bonds is 5. The van der Waals surface area contributed by atoms with Gasteiger partial charge in [0.15, 0.2) is 11.6 Å². The third-order valence-electron chi connectivity index (χ3n) is 4.00. The number of likely N-dealkylation sites (tertiary alicyclic amines) is 1. The van der Waals surface area contributed by atoms with E-state index in [0.29, 0.717) is 38.2 Å². The number of β-amino-alcohol motifs (C(OH)–C–C–N with tert-alkyl or cyclic N) is 1. The third-order valence-corrected chi connectivity index (χ3v) is 4.00. The molecule has 22 heavy (non-hydrogen) atoms. The molecule has 0 radical (unpaired) electrons. The normalized spacial score (nSPS) is 22.1. The number of halogens is 1. The Labute approximate surface area is 128 Å². The lowest BCUT2D eigenvalue weighted by Crippen LogP contribution is -2.37. The second kappa shape index (κ2) is 6.02. The van der Waals surface area contributed by atoms with Gasteiger partial charge >= 0.3 is 0 Å². The van der Waals surface area contributed by atoms with E-state index in [2.05, 4.69) is 10.3 Å². The van der Waals surface area contributed by atoms with E-state index in [-0.39, 0.29) is 11.6 Å². The molecule has 7 heteroatoms. The molecule has 6 nitrogen and oxygen atoms in total. The van der Waals surface area contributed by atoms with Crippen LogP contribution in [0.4, 0.5) is 4.39 Å². The van der Waals surface area contributed by atoms with Gasteiger partial charge in [-0.3, -0.25) is 4.90 Å². The molecule has 2 heterocycles. The lowest BCUT2D eigenvalue weighted by molar-refractivity contribution is 0.0273. The first-order valence-corrected chi connectivity index (χ1v) is 7.20. The predicted octanol–water partition coefficient (Wildman–Crippen LogP) is 1.06. The van der Waals surface area contributed by atoms with Crippen molar-refractivity contribution in [3.05, 3.63) is 42.0 Å². The van der Waals surface area contributed by atoms with E-state index in [4.69, 9.17) is 4.74 Å². The lowest BCUT2D eigenvalue weighted by Gasteiger charge is -2.23. The molecule has 0 bridgehead atoms. The standard InChI is InChI=1S/C15H19FN4O2/c1-22-13-4-2-3-12(14(13)16)9-19-7-5-15(21,10-19)11-20-8-6-17-18-20/h2-4,6,8,21H,5,7,9-11H2,1H3. The van der Waals surface area contributed by atoms with Gasteiger partial charge < -0.3 is 9.84 Å². The zero-order chi connectivity index (χ0) is 15.6. The zero-order valence-electron chi connectivity index (χ0n) is 12.4. The molecule has 1 unspecified atom stereocenters. The van der Waals surface area contributed by atoms with E-state index in [1.807, 2.05) is 4.90 Å². The van der Waals surface area contributed by atoms with Crippen molar-refractivity contribution >= 4 is 0 Å². The quantitative estimate of drug-likeness (QED) is 0.895. The summed E-state index contributed by atoms with van der Waals surface area (Å²) < 4.78 is 20.8. The number of benzene rings is 1. The lowest BCUT2D eigenvalue weighted by atomic mass is 10.0. The minimum Gasteiger partial charge on any atom is -0.494 e. The summed E-state index contributed by atoms with van der Waals surface area (Å²) in [5.74, 6) is -0.0914. The molecule has 1 fully saturated rings. The molecule has 0 spiro atoms. The first kappa shape index (κ1) is 14.9. The van der Waals surface area contributed by atoms with Gasteiger partial charge in [-0.15, -0.1) is 5.10 Å². The first-order chi connectivity index (χ1) is 10.6. The largest absolute Gasteiger partial charge is 0.494 e. The molecule has 1 aliphatic rings. The Kier molecular flexibility index (Phi) is 4.08. The van der Waals surface area contributed by atoms with Gasteiger partial charge in [0.2, 0.25) is 0 Å². The zero-order valence-corrected chi connectivity index (χ0v) is 12.4. The van der Waals surface area contributed by atoms with E-state index >= 15 is 0 Å². The van der Waals surface area contributed by atoms with E-state index in [1.54, 1.807) is 35.3 Å². The van der Waals surface area contributed by atoms with Crippen LogP contribution >= 0.6 is 0 Å². The molecule has 1 saturated heterocycles. The summed E-state index contributed by atoms with van der Waals surface area (Å²) >= 11 is 0. The maximum absolute atomic E-state index is 14.2. The van der Waals surface area contributed by atoms with Crippen molar-refractivity contribution in [3.8, 4) is 5.75 Å². The van der Waals surface area contributed by atoms with Crippen LogP contribution in [0, 0.1) is 5.82 Å². The van der Waals surface area contributed by atoms with Gasteiger partial charge in [-0.2, -0.15) is 0 Å². The molecule has 1 aromatic carbocycles. The number of aromatic nitrogens is 3. The van der Waals surface area contributed by atoms with Gasteiger partial charge in [0.1, 0.15) is 0 Å². The van der Waals surface area contributed by atoms with E-state index in [9.17, 15) is 9.50 Å². The highest BCUT2D eigenvalue weighted by Crippen LogP contribution is 2.27. The summed E-state index contributed by atoms with van der Waals surface area (Å²) in [6.45, 7) is 2.03. The number of nitrogens with zero attached hydrogens (tertiary/aromatic N) is 4. The van der Waals surface area contributed by atoms with Crippen molar-refractivity contribution in [1.29, 1.82) is 0 Å². The molecule has 0 amide bonds. The van der Waals surface area contributed by atoms with Crippen LogP contribution < -0.4 is 4.74 Å². The van der Waals surface area contributed by atoms with Crippen LogP contribution in [-0.2, 0) is 13.1 Å². The van der Waals surface area contributed by atoms with Crippen molar-refractivity contribution in [3.63, 3.8) is 0 Å². The third kappa shape index (κ3) is 3.10. The average molecular weight is 306 g/mol. The highest BCUT2D eigenvalue weighted by Gasteiger charge is 2.36. The average Bonchev–Trinajstić information content (AvgIpc) is 3.12. The van der Waals surface area contributed by atoms with Crippen molar-refractivity contribution < 1.29 is 14.2 Å². The van der Waals surface area contributed by atoms with Crippen molar-refractivity contribution in [1.82, 2.24) is 19.9 Å². The van der Waals surface area contributed by atoms with Gasteiger partial charge in [-0.25, -0.2) is 9.07 Å². The van der Waals surface area contributed by atoms with Crippen LogP contribution in [0.25, 0.3) is 0 Å². The van der Waals surface area contributed by atoms with Crippen molar-refractivity contribution in [2.24, 2.45) is 0 Å². The topological polar surface area (TPSA) is 63.4 Å². The van der Waals surface area contributed by atoms with Crippen LogP contribution in [0.1, 0.15) is 12.0 Å². The number of ether oxygens (including phenoxy) is 1. The van der Waals surface area contributed by atoms with Crippen LogP contribution in [0.15, 0.2) is 30.6 Å². The molecule has 1 atom stereocenters. The number of hydrogen-bond donors (Lipinski definition) is 1. The van der Waals surface area contributed by atoms with Gasteiger partial charge in [0, 0.05) is 31.4 Å². The number of hydrogen-bond acceptors (Lipinski definition) is 5. The van der Waals surface area contributed by atoms with Gasteiger partial charge in [-0.1, -0.05) is 17.3 Å². The molecular formula is C15H19FN4O2. The maximum atomic E-state index is 14.2. The van der Waals surface area contributed by atoms with Crippen molar-refractivity contribution in [2.75, 3.05) is 20.2 Å². The summed E-state index contributed by atoms with van der Waals surface area (Å²) in [5.41, 5.74) is -0.285. The van der Waals surface area contributed by atoms with Gasteiger partial charge in [0.25, 0.3) is 0 Å². The fourth-order valence-corrected chi connectivity index (χ4v) is 2.90. The Balaban J connectivity index is 1.66. The van der Waals surface area contributed by atoms with Gasteiger partial charge in [0.05, 0.1) is 25.5 Å². The van der Waals surface area contributed by atoms with Crippen LogP contribution in [0.5, 0.6) is 5.75 Å².